The van der Waals surface area contributed by atoms with Crippen molar-refractivity contribution in [3.05, 3.63) is 71.4 Å². The summed E-state index contributed by atoms with van der Waals surface area (Å²) in [5.41, 5.74) is 2.80. The van der Waals surface area contributed by atoms with Gasteiger partial charge in [0.15, 0.2) is 5.65 Å². The van der Waals surface area contributed by atoms with E-state index in [4.69, 9.17) is 11.6 Å². The number of anilines is 3. The van der Waals surface area contributed by atoms with Crippen LogP contribution in [0.25, 0.3) is 11.0 Å². The van der Waals surface area contributed by atoms with E-state index in [2.05, 4.69) is 37.8 Å². The standard InChI is InChI=1S/C19H17ClN6/c1-26-18-16(12-22-26)17(21-11-13-5-3-2-4-6-13)24-19(25-18)23-15-9-7-14(20)8-10-15/h2-10,12H,11H2,1H3,(H2,21,23,24,25). The van der Waals surface area contributed by atoms with Gasteiger partial charge >= 0.3 is 0 Å². The molecule has 0 fully saturated rings. The Labute approximate surface area is 155 Å². The van der Waals surface area contributed by atoms with Crippen LogP contribution in [0, 0.1) is 0 Å². The first-order valence-electron chi connectivity index (χ1n) is 8.19. The quantitative estimate of drug-likeness (QED) is 0.550. The Morgan fingerprint density at radius 1 is 1.00 bits per heavy atom. The molecule has 0 aliphatic rings. The highest BCUT2D eigenvalue weighted by Crippen LogP contribution is 2.24. The highest BCUT2D eigenvalue weighted by atomic mass is 35.5. The molecular formula is C19H17ClN6. The summed E-state index contributed by atoms with van der Waals surface area (Å²) < 4.78 is 1.73. The number of fused-ring (bicyclic) bond motifs is 1. The minimum Gasteiger partial charge on any atom is -0.365 e. The zero-order chi connectivity index (χ0) is 17.9. The van der Waals surface area contributed by atoms with E-state index in [0.717, 1.165) is 22.5 Å². The first-order valence-corrected chi connectivity index (χ1v) is 8.57. The van der Waals surface area contributed by atoms with Crippen molar-refractivity contribution >= 4 is 40.1 Å². The molecule has 130 valence electrons. The van der Waals surface area contributed by atoms with Crippen LogP contribution in [0.1, 0.15) is 5.56 Å². The molecule has 0 amide bonds. The highest BCUT2D eigenvalue weighted by Gasteiger charge is 2.12. The predicted octanol–water partition coefficient (Wildman–Crippen LogP) is 4.37. The van der Waals surface area contributed by atoms with Gasteiger partial charge in [-0.3, -0.25) is 4.68 Å². The molecule has 0 aliphatic carbocycles. The SMILES string of the molecule is Cn1ncc2c(NCc3ccccc3)nc(Nc3ccc(Cl)cc3)nc21. The molecule has 7 heteroatoms. The van der Waals surface area contributed by atoms with Crippen LogP contribution in [0.15, 0.2) is 60.8 Å². The third-order valence-electron chi connectivity index (χ3n) is 4.00. The second-order valence-corrected chi connectivity index (χ2v) is 6.31. The number of hydrogen-bond donors (Lipinski definition) is 2. The lowest BCUT2D eigenvalue weighted by atomic mass is 10.2. The second-order valence-electron chi connectivity index (χ2n) is 5.87. The van der Waals surface area contributed by atoms with E-state index in [0.29, 0.717) is 17.5 Å². The Hall–Kier alpha value is -3.12. The molecule has 6 nitrogen and oxygen atoms in total. The number of aromatic nitrogens is 4. The van der Waals surface area contributed by atoms with Gasteiger partial charge < -0.3 is 10.6 Å². The molecule has 2 N–H and O–H groups in total. The number of aryl methyl sites for hydroxylation is 1. The van der Waals surface area contributed by atoms with E-state index in [1.165, 1.54) is 5.56 Å². The fourth-order valence-corrected chi connectivity index (χ4v) is 2.78. The molecule has 0 spiro atoms. The van der Waals surface area contributed by atoms with Crippen LogP contribution >= 0.6 is 11.6 Å². The third kappa shape index (κ3) is 3.45. The predicted molar refractivity (Wildman–Crippen MR) is 105 cm³/mol. The van der Waals surface area contributed by atoms with Crippen molar-refractivity contribution < 1.29 is 0 Å². The largest absolute Gasteiger partial charge is 0.365 e. The van der Waals surface area contributed by atoms with E-state index in [1.807, 2.05) is 49.5 Å². The summed E-state index contributed by atoms with van der Waals surface area (Å²) in [6.45, 7) is 0.669. The van der Waals surface area contributed by atoms with E-state index in [9.17, 15) is 0 Å². The number of halogens is 1. The van der Waals surface area contributed by atoms with Gasteiger partial charge in [-0.05, 0) is 29.8 Å². The van der Waals surface area contributed by atoms with E-state index >= 15 is 0 Å². The number of benzene rings is 2. The molecule has 0 saturated heterocycles. The maximum atomic E-state index is 5.94. The Bertz CT molecular complexity index is 1030. The van der Waals surface area contributed by atoms with Gasteiger partial charge in [-0.1, -0.05) is 41.9 Å². The van der Waals surface area contributed by atoms with Crippen molar-refractivity contribution in [3.8, 4) is 0 Å². The first kappa shape index (κ1) is 16.4. The topological polar surface area (TPSA) is 67.7 Å². The molecule has 4 aromatic rings. The molecule has 0 aliphatic heterocycles. The molecule has 0 atom stereocenters. The lowest BCUT2D eigenvalue weighted by Gasteiger charge is -2.10. The van der Waals surface area contributed by atoms with Crippen molar-refractivity contribution in [3.63, 3.8) is 0 Å². The van der Waals surface area contributed by atoms with Gasteiger partial charge in [-0.15, -0.1) is 0 Å². The summed E-state index contributed by atoms with van der Waals surface area (Å²) in [6.07, 6.45) is 1.77. The van der Waals surface area contributed by atoms with Crippen molar-refractivity contribution in [2.24, 2.45) is 7.05 Å². The average molecular weight is 365 g/mol. The number of nitrogens with one attached hydrogen (secondary N) is 2. The zero-order valence-electron chi connectivity index (χ0n) is 14.1. The molecule has 0 saturated carbocycles. The molecule has 0 unspecified atom stereocenters. The number of nitrogens with zero attached hydrogens (tertiary/aromatic N) is 4. The minimum atomic E-state index is 0.499. The molecule has 0 bridgehead atoms. The van der Waals surface area contributed by atoms with Crippen LogP contribution < -0.4 is 10.6 Å². The van der Waals surface area contributed by atoms with E-state index in [1.54, 1.807) is 10.9 Å². The van der Waals surface area contributed by atoms with Crippen LogP contribution in [-0.4, -0.2) is 19.7 Å². The van der Waals surface area contributed by atoms with Gasteiger partial charge in [0.25, 0.3) is 0 Å². The molecule has 26 heavy (non-hydrogen) atoms. The molecule has 0 radical (unpaired) electrons. The summed E-state index contributed by atoms with van der Waals surface area (Å²) >= 11 is 5.94. The van der Waals surface area contributed by atoms with Crippen LogP contribution in [0.3, 0.4) is 0 Å². The summed E-state index contributed by atoms with van der Waals surface area (Å²) in [6, 6.07) is 17.6. The molecule has 4 rings (SSSR count). The number of hydrogen-bond acceptors (Lipinski definition) is 5. The van der Waals surface area contributed by atoms with E-state index in [-0.39, 0.29) is 0 Å². The Balaban J connectivity index is 1.65. The van der Waals surface area contributed by atoms with Crippen LogP contribution in [-0.2, 0) is 13.6 Å². The van der Waals surface area contributed by atoms with E-state index < -0.39 is 0 Å². The molecule has 2 aromatic heterocycles. The first-order chi connectivity index (χ1) is 12.7. The summed E-state index contributed by atoms with van der Waals surface area (Å²) in [7, 11) is 1.86. The lowest BCUT2D eigenvalue weighted by molar-refractivity contribution is 0.786. The molecule has 2 heterocycles. The van der Waals surface area contributed by atoms with Crippen molar-refractivity contribution in [2.75, 3.05) is 10.6 Å². The number of rotatable bonds is 5. The highest BCUT2D eigenvalue weighted by molar-refractivity contribution is 6.30. The van der Waals surface area contributed by atoms with Gasteiger partial charge in [-0.2, -0.15) is 15.1 Å². The summed E-state index contributed by atoms with van der Waals surface area (Å²) in [5.74, 6) is 1.24. The lowest BCUT2D eigenvalue weighted by Crippen LogP contribution is -2.06. The fourth-order valence-electron chi connectivity index (χ4n) is 2.66. The summed E-state index contributed by atoms with van der Waals surface area (Å²) in [4.78, 5) is 9.20. The van der Waals surface area contributed by atoms with Gasteiger partial charge in [0, 0.05) is 24.3 Å². The van der Waals surface area contributed by atoms with Gasteiger partial charge in [-0.25, -0.2) is 0 Å². The fraction of sp³-hybridized carbons (Fsp3) is 0.105. The van der Waals surface area contributed by atoms with Crippen molar-refractivity contribution in [1.82, 2.24) is 19.7 Å². The van der Waals surface area contributed by atoms with Crippen LogP contribution in [0.5, 0.6) is 0 Å². The maximum absolute atomic E-state index is 5.94. The monoisotopic (exact) mass is 364 g/mol. The third-order valence-corrected chi connectivity index (χ3v) is 4.25. The van der Waals surface area contributed by atoms with Crippen molar-refractivity contribution in [1.29, 1.82) is 0 Å². The van der Waals surface area contributed by atoms with Crippen molar-refractivity contribution in [2.45, 2.75) is 6.54 Å². The second kappa shape index (κ2) is 7.01. The summed E-state index contributed by atoms with van der Waals surface area (Å²) in [5, 5.41) is 12.5. The average Bonchev–Trinajstić information content (AvgIpc) is 3.04. The van der Waals surface area contributed by atoms with Crippen LogP contribution in [0.2, 0.25) is 5.02 Å². The maximum Gasteiger partial charge on any atom is 0.231 e. The van der Waals surface area contributed by atoms with Gasteiger partial charge in [0.1, 0.15) is 5.82 Å². The normalized spacial score (nSPS) is 10.8. The Morgan fingerprint density at radius 3 is 2.54 bits per heavy atom. The molecule has 2 aromatic carbocycles. The Kier molecular flexibility index (Phi) is 4.41. The molecular weight excluding hydrogens is 348 g/mol. The van der Waals surface area contributed by atoms with Crippen LogP contribution in [0.4, 0.5) is 17.5 Å². The van der Waals surface area contributed by atoms with Gasteiger partial charge in [0.2, 0.25) is 5.95 Å². The smallest absolute Gasteiger partial charge is 0.231 e. The van der Waals surface area contributed by atoms with Gasteiger partial charge in [0.05, 0.1) is 11.6 Å². The Morgan fingerprint density at radius 2 is 1.77 bits per heavy atom. The minimum absolute atomic E-state index is 0.499. The zero-order valence-corrected chi connectivity index (χ0v) is 14.9.